The highest BCUT2D eigenvalue weighted by Crippen LogP contribution is 2.19. The van der Waals surface area contributed by atoms with Crippen molar-refractivity contribution < 1.29 is 14.5 Å². The molecule has 0 bridgehead atoms. The van der Waals surface area contributed by atoms with Gasteiger partial charge in [0.2, 0.25) is 5.91 Å². The second kappa shape index (κ2) is 6.95. The number of nitro benzene ring substituents is 1. The molecule has 2 aromatic rings. The Balaban J connectivity index is 1.89. The van der Waals surface area contributed by atoms with Crippen molar-refractivity contribution in [3.8, 4) is 0 Å². The number of carbonyl (C=O) groups is 2. The number of hydrogen-bond acceptors (Lipinski definition) is 5. The van der Waals surface area contributed by atoms with Crippen LogP contribution in [0.4, 0.5) is 11.4 Å². The number of nitro groups is 1. The van der Waals surface area contributed by atoms with Crippen LogP contribution in [-0.2, 0) is 4.79 Å². The molecule has 0 saturated carbocycles. The van der Waals surface area contributed by atoms with E-state index in [9.17, 15) is 19.7 Å². The van der Waals surface area contributed by atoms with Gasteiger partial charge >= 0.3 is 0 Å². The summed E-state index contributed by atoms with van der Waals surface area (Å²) in [6.07, 6.45) is 0.152. The van der Waals surface area contributed by atoms with Gasteiger partial charge in [0.1, 0.15) is 0 Å². The number of non-ortho nitro benzene ring substituents is 1. The molecule has 1 amide bonds. The van der Waals surface area contributed by atoms with Crippen LogP contribution in [0.3, 0.4) is 0 Å². The van der Waals surface area contributed by atoms with Gasteiger partial charge in [-0.3, -0.25) is 19.7 Å². The Morgan fingerprint density at radius 1 is 1.23 bits per heavy atom. The molecule has 0 fully saturated rings. The van der Waals surface area contributed by atoms with Crippen LogP contribution >= 0.6 is 11.3 Å². The lowest BCUT2D eigenvalue weighted by Crippen LogP contribution is -2.13. The van der Waals surface area contributed by atoms with Gasteiger partial charge in [-0.1, -0.05) is 6.07 Å². The maximum Gasteiger partial charge on any atom is 0.271 e. The summed E-state index contributed by atoms with van der Waals surface area (Å²) in [7, 11) is 0. The molecule has 0 saturated heterocycles. The molecule has 1 heterocycles. The maximum atomic E-state index is 11.9. The molecule has 0 aliphatic rings. The molecule has 1 aromatic carbocycles. The summed E-state index contributed by atoms with van der Waals surface area (Å²) in [5.41, 5.74) is 0.251. The highest BCUT2D eigenvalue weighted by molar-refractivity contribution is 7.14. The van der Waals surface area contributed by atoms with E-state index >= 15 is 0 Å². The standard InChI is InChI=1S/C15H14N2O4S/c1-10-5-7-14(22-10)13(18)6-8-15(19)16-11-3-2-4-12(9-11)17(20)21/h2-5,7,9H,6,8H2,1H3,(H,16,19). The van der Waals surface area contributed by atoms with E-state index in [0.717, 1.165) is 4.88 Å². The van der Waals surface area contributed by atoms with Crippen LogP contribution in [0.15, 0.2) is 36.4 Å². The van der Waals surface area contributed by atoms with Crippen LogP contribution in [0.1, 0.15) is 27.4 Å². The molecular weight excluding hydrogens is 304 g/mol. The van der Waals surface area contributed by atoms with Gasteiger partial charge in [-0.25, -0.2) is 0 Å². The Morgan fingerprint density at radius 3 is 2.64 bits per heavy atom. The largest absolute Gasteiger partial charge is 0.326 e. The van der Waals surface area contributed by atoms with Gasteiger partial charge in [0.15, 0.2) is 5.78 Å². The molecule has 0 unspecified atom stereocenters. The van der Waals surface area contributed by atoms with Gasteiger partial charge in [0.25, 0.3) is 5.69 Å². The first kappa shape index (κ1) is 15.8. The number of aryl methyl sites for hydroxylation is 1. The lowest BCUT2D eigenvalue weighted by atomic mass is 10.2. The molecule has 0 aliphatic heterocycles. The molecule has 2 rings (SSSR count). The second-order valence-electron chi connectivity index (χ2n) is 4.69. The minimum Gasteiger partial charge on any atom is -0.326 e. The predicted octanol–water partition coefficient (Wildman–Crippen LogP) is 3.57. The molecule has 22 heavy (non-hydrogen) atoms. The number of benzene rings is 1. The van der Waals surface area contributed by atoms with Gasteiger partial charge in [-0.15, -0.1) is 11.3 Å². The molecule has 0 atom stereocenters. The van der Waals surface area contributed by atoms with E-state index in [0.29, 0.717) is 10.6 Å². The predicted molar refractivity (Wildman–Crippen MR) is 84.3 cm³/mol. The number of nitrogens with one attached hydrogen (secondary N) is 1. The summed E-state index contributed by atoms with van der Waals surface area (Å²) in [5.74, 6) is -0.422. The lowest BCUT2D eigenvalue weighted by Gasteiger charge is -2.04. The monoisotopic (exact) mass is 318 g/mol. The fourth-order valence-electron chi connectivity index (χ4n) is 1.86. The van der Waals surface area contributed by atoms with Gasteiger partial charge in [-0.05, 0) is 25.1 Å². The zero-order chi connectivity index (χ0) is 16.1. The van der Waals surface area contributed by atoms with E-state index in [1.165, 1.54) is 29.5 Å². The number of anilines is 1. The Kier molecular flexibility index (Phi) is 5.00. The van der Waals surface area contributed by atoms with Crippen LogP contribution in [0.2, 0.25) is 0 Å². The molecule has 6 nitrogen and oxygen atoms in total. The number of hydrogen-bond donors (Lipinski definition) is 1. The number of amides is 1. The molecule has 114 valence electrons. The highest BCUT2D eigenvalue weighted by atomic mass is 32.1. The molecule has 1 aromatic heterocycles. The van der Waals surface area contributed by atoms with Crippen molar-refractivity contribution in [1.29, 1.82) is 0 Å². The summed E-state index contributed by atoms with van der Waals surface area (Å²) >= 11 is 1.40. The van der Waals surface area contributed by atoms with Crippen molar-refractivity contribution in [3.05, 3.63) is 56.3 Å². The van der Waals surface area contributed by atoms with E-state index < -0.39 is 4.92 Å². The smallest absolute Gasteiger partial charge is 0.271 e. The first-order chi connectivity index (χ1) is 10.5. The minimum atomic E-state index is -0.529. The zero-order valence-corrected chi connectivity index (χ0v) is 12.7. The third-order valence-electron chi connectivity index (χ3n) is 2.94. The lowest BCUT2D eigenvalue weighted by molar-refractivity contribution is -0.384. The first-order valence-electron chi connectivity index (χ1n) is 6.59. The molecule has 0 spiro atoms. The third kappa shape index (κ3) is 4.23. The van der Waals surface area contributed by atoms with E-state index in [-0.39, 0.29) is 30.2 Å². The summed E-state index contributed by atoms with van der Waals surface area (Å²) in [4.78, 5) is 35.5. The van der Waals surface area contributed by atoms with E-state index in [1.54, 1.807) is 12.1 Å². The molecule has 0 aliphatic carbocycles. The van der Waals surface area contributed by atoms with Crippen molar-refractivity contribution in [2.45, 2.75) is 19.8 Å². The Bertz CT molecular complexity index is 724. The number of nitrogens with zero attached hydrogens (tertiary/aromatic N) is 1. The third-order valence-corrected chi connectivity index (χ3v) is 3.98. The fourth-order valence-corrected chi connectivity index (χ4v) is 2.69. The Hall–Kier alpha value is -2.54. The van der Waals surface area contributed by atoms with Crippen LogP contribution in [-0.4, -0.2) is 16.6 Å². The minimum absolute atomic E-state index is 0.0402. The van der Waals surface area contributed by atoms with Crippen molar-refractivity contribution in [3.63, 3.8) is 0 Å². The number of thiophene rings is 1. The van der Waals surface area contributed by atoms with Crippen molar-refractivity contribution in [1.82, 2.24) is 0 Å². The summed E-state index contributed by atoms with van der Waals surface area (Å²) in [6.45, 7) is 1.91. The molecule has 0 radical (unpaired) electrons. The quantitative estimate of drug-likeness (QED) is 0.501. The van der Waals surface area contributed by atoms with Crippen LogP contribution in [0.5, 0.6) is 0 Å². The second-order valence-corrected chi connectivity index (χ2v) is 5.98. The molecular formula is C15H14N2O4S. The van der Waals surface area contributed by atoms with Gasteiger partial charge < -0.3 is 5.32 Å². The molecule has 7 heteroatoms. The Morgan fingerprint density at radius 2 is 2.00 bits per heavy atom. The maximum absolute atomic E-state index is 11.9. The SMILES string of the molecule is Cc1ccc(C(=O)CCC(=O)Nc2cccc([N+](=O)[O-])c2)s1. The average Bonchev–Trinajstić information content (AvgIpc) is 2.91. The number of carbonyl (C=O) groups excluding carboxylic acids is 2. The zero-order valence-electron chi connectivity index (χ0n) is 11.9. The number of Topliss-reactive ketones (excluding diaryl/α,β-unsaturated/α-hetero) is 1. The van der Waals surface area contributed by atoms with Gasteiger partial charge in [0.05, 0.1) is 9.80 Å². The van der Waals surface area contributed by atoms with Crippen LogP contribution < -0.4 is 5.32 Å². The van der Waals surface area contributed by atoms with E-state index in [2.05, 4.69) is 5.32 Å². The summed E-state index contributed by atoms with van der Waals surface area (Å²) in [6, 6.07) is 9.30. The van der Waals surface area contributed by atoms with Gasteiger partial charge in [0, 0.05) is 35.5 Å². The number of rotatable bonds is 6. The normalized spacial score (nSPS) is 10.2. The average molecular weight is 318 g/mol. The van der Waals surface area contributed by atoms with Gasteiger partial charge in [-0.2, -0.15) is 0 Å². The van der Waals surface area contributed by atoms with Crippen molar-refractivity contribution in [2.75, 3.05) is 5.32 Å². The van der Waals surface area contributed by atoms with Crippen molar-refractivity contribution >= 4 is 34.4 Å². The first-order valence-corrected chi connectivity index (χ1v) is 7.41. The number of ketones is 1. The fraction of sp³-hybridized carbons (Fsp3) is 0.200. The van der Waals surface area contributed by atoms with Crippen LogP contribution in [0, 0.1) is 17.0 Å². The highest BCUT2D eigenvalue weighted by Gasteiger charge is 2.12. The van der Waals surface area contributed by atoms with Crippen molar-refractivity contribution in [2.24, 2.45) is 0 Å². The summed E-state index contributed by atoms with van der Waals surface area (Å²) in [5, 5.41) is 13.2. The van der Waals surface area contributed by atoms with Crippen LogP contribution in [0.25, 0.3) is 0 Å². The Labute approximate surface area is 130 Å². The van der Waals surface area contributed by atoms with E-state index in [4.69, 9.17) is 0 Å². The van der Waals surface area contributed by atoms with E-state index in [1.807, 2.05) is 13.0 Å². The summed E-state index contributed by atoms with van der Waals surface area (Å²) < 4.78 is 0. The molecule has 1 N–H and O–H groups in total. The topological polar surface area (TPSA) is 89.3 Å².